The van der Waals surface area contributed by atoms with Crippen LogP contribution in [0.4, 0.5) is 0 Å². The second-order valence-corrected chi connectivity index (χ2v) is 5.20. The fourth-order valence-electron chi connectivity index (χ4n) is 2.54. The highest BCUT2D eigenvalue weighted by Gasteiger charge is 2.22. The molecule has 0 bridgehead atoms. The summed E-state index contributed by atoms with van der Waals surface area (Å²) in [6.45, 7) is 0. The summed E-state index contributed by atoms with van der Waals surface area (Å²) in [5.74, 6) is 0.286. The Balaban J connectivity index is 1.90. The minimum atomic E-state index is -0.454. The predicted molar refractivity (Wildman–Crippen MR) is 68.4 cm³/mol. The van der Waals surface area contributed by atoms with Crippen LogP contribution in [-0.2, 0) is 7.05 Å². The molecular weight excluding hydrogens is 230 g/mol. The maximum atomic E-state index is 11.4. The third-order valence-electron chi connectivity index (χ3n) is 3.98. The van der Waals surface area contributed by atoms with Gasteiger partial charge in [-0.05, 0) is 30.0 Å². The molecule has 2 aromatic rings. The van der Waals surface area contributed by atoms with E-state index in [9.17, 15) is 9.90 Å². The van der Waals surface area contributed by atoms with Crippen molar-refractivity contribution in [1.29, 1.82) is 0 Å². The van der Waals surface area contributed by atoms with Gasteiger partial charge in [-0.1, -0.05) is 25.3 Å². The van der Waals surface area contributed by atoms with Crippen molar-refractivity contribution in [3.63, 3.8) is 0 Å². The van der Waals surface area contributed by atoms with E-state index in [0.29, 0.717) is 11.5 Å². The summed E-state index contributed by atoms with van der Waals surface area (Å²) in [6, 6.07) is 5.49. The predicted octanol–water partition coefficient (Wildman–Crippen LogP) is 2.36. The first kappa shape index (κ1) is 11.5. The number of aliphatic hydroxyl groups excluding tert-OH is 1. The van der Waals surface area contributed by atoms with Gasteiger partial charge >= 0.3 is 5.76 Å². The van der Waals surface area contributed by atoms with Crippen molar-refractivity contribution in [2.75, 3.05) is 0 Å². The summed E-state index contributed by atoms with van der Waals surface area (Å²) >= 11 is 0. The summed E-state index contributed by atoms with van der Waals surface area (Å²) in [5, 5.41) is 10.2. The van der Waals surface area contributed by atoms with Crippen molar-refractivity contribution in [2.24, 2.45) is 13.0 Å². The number of hydrogen-bond donors (Lipinski definition) is 1. The van der Waals surface area contributed by atoms with Gasteiger partial charge in [0.05, 0.1) is 11.6 Å². The molecule has 0 saturated heterocycles. The van der Waals surface area contributed by atoms with E-state index >= 15 is 0 Å². The minimum Gasteiger partial charge on any atom is -0.408 e. The molecule has 1 N–H and O–H groups in total. The van der Waals surface area contributed by atoms with E-state index in [2.05, 4.69) is 0 Å². The van der Waals surface area contributed by atoms with Gasteiger partial charge in [-0.2, -0.15) is 0 Å². The van der Waals surface area contributed by atoms with E-state index in [0.717, 1.165) is 17.5 Å². The van der Waals surface area contributed by atoms with Gasteiger partial charge in [0.1, 0.15) is 0 Å². The smallest absolute Gasteiger partial charge is 0.408 e. The normalized spacial score (nSPS) is 17.9. The lowest BCUT2D eigenvalue weighted by Gasteiger charge is -2.27. The van der Waals surface area contributed by atoms with Crippen LogP contribution >= 0.6 is 0 Å². The molecule has 1 fully saturated rings. The maximum Gasteiger partial charge on any atom is 0.419 e. The molecular formula is C14H17NO3. The van der Waals surface area contributed by atoms with Crippen LogP contribution in [0.25, 0.3) is 11.1 Å². The summed E-state index contributed by atoms with van der Waals surface area (Å²) in [6.07, 6.45) is 4.08. The van der Waals surface area contributed by atoms with Crippen LogP contribution in [0.3, 0.4) is 0 Å². The van der Waals surface area contributed by atoms with Crippen LogP contribution < -0.4 is 5.76 Å². The standard InChI is InChI=1S/C14H17NO3/c1-15-11-6-5-10(8-13(11)18-14(15)17)12(16)7-9-3-2-4-9/h5-6,8-9,12,16H,2-4,7H2,1H3. The number of fused-ring (bicyclic) bond motifs is 1. The second-order valence-electron chi connectivity index (χ2n) is 5.20. The molecule has 1 aromatic carbocycles. The largest absolute Gasteiger partial charge is 0.419 e. The van der Waals surface area contributed by atoms with E-state index in [1.807, 2.05) is 12.1 Å². The van der Waals surface area contributed by atoms with Gasteiger partial charge in [0, 0.05) is 7.05 Å². The average molecular weight is 247 g/mol. The van der Waals surface area contributed by atoms with E-state index in [1.165, 1.54) is 23.8 Å². The van der Waals surface area contributed by atoms with Crippen molar-refractivity contribution in [2.45, 2.75) is 31.8 Å². The second kappa shape index (κ2) is 4.28. The topological polar surface area (TPSA) is 55.4 Å². The van der Waals surface area contributed by atoms with E-state index in [-0.39, 0.29) is 5.76 Å². The van der Waals surface area contributed by atoms with Gasteiger partial charge in [-0.15, -0.1) is 0 Å². The summed E-state index contributed by atoms with van der Waals surface area (Å²) in [4.78, 5) is 11.4. The van der Waals surface area contributed by atoms with E-state index in [4.69, 9.17) is 4.42 Å². The highest BCUT2D eigenvalue weighted by atomic mass is 16.4. The Hall–Kier alpha value is -1.55. The minimum absolute atomic E-state index is 0.365. The zero-order valence-corrected chi connectivity index (χ0v) is 10.4. The Morgan fingerprint density at radius 2 is 2.28 bits per heavy atom. The molecule has 1 aromatic heterocycles. The zero-order chi connectivity index (χ0) is 12.7. The monoisotopic (exact) mass is 247 g/mol. The summed E-state index contributed by atoms with van der Waals surface area (Å²) in [5.41, 5.74) is 2.15. The molecule has 1 saturated carbocycles. The number of oxazole rings is 1. The molecule has 1 aliphatic rings. The molecule has 1 atom stereocenters. The Bertz CT molecular complexity index is 621. The number of rotatable bonds is 3. The molecule has 3 rings (SSSR count). The van der Waals surface area contributed by atoms with Gasteiger partial charge < -0.3 is 9.52 Å². The van der Waals surface area contributed by atoms with Crippen LogP contribution in [0.5, 0.6) is 0 Å². The molecule has 18 heavy (non-hydrogen) atoms. The van der Waals surface area contributed by atoms with Crippen molar-refractivity contribution < 1.29 is 9.52 Å². The first-order valence-electron chi connectivity index (χ1n) is 6.42. The van der Waals surface area contributed by atoms with E-state index < -0.39 is 6.10 Å². The van der Waals surface area contributed by atoms with Crippen molar-refractivity contribution in [3.8, 4) is 0 Å². The highest BCUT2D eigenvalue weighted by Crippen LogP contribution is 2.35. The molecule has 0 aliphatic heterocycles. The van der Waals surface area contributed by atoms with Crippen LogP contribution in [0, 0.1) is 5.92 Å². The van der Waals surface area contributed by atoms with Crippen molar-refractivity contribution in [1.82, 2.24) is 4.57 Å². The number of aryl methyl sites for hydroxylation is 1. The third kappa shape index (κ3) is 1.86. The summed E-state index contributed by atoms with van der Waals surface area (Å²) in [7, 11) is 1.68. The lowest BCUT2D eigenvalue weighted by atomic mass is 9.80. The van der Waals surface area contributed by atoms with Gasteiger partial charge in [-0.3, -0.25) is 4.57 Å². The quantitative estimate of drug-likeness (QED) is 0.905. The fourth-order valence-corrected chi connectivity index (χ4v) is 2.54. The Morgan fingerprint density at radius 1 is 1.50 bits per heavy atom. The fraction of sp³-hybridized carbons (Fsp3) is 0.500. The van der Waals surface area contributed by atoms with Gasteiger partial charge in [0.25, 0.3) is 0 Å². The van der Waals surface area contributed by atoms with Gasteiger partial charge in [0.2, 0.25) is 0 Å². The SMILES string of the molecule is Cn1c(=O)oc2cc(C(O)CC3CCC3)ccc21. The molecule has 1 unspecified atom stereocenters. The number of hydrogen-bond acceptors (Lipinski definition) is 3. The number of nitrogens with zero attached hydrogens (tertiary/aromatic N) is 1. The van der Waals surface area contributed by atoms with Gasteiger partial charge in [0.15, 0.2) is 5.58 Å². The Kier molecular flexibility index (Phi) is 2.74. The van der Waals surface area contributed by atoms with Crippen LogP contribution in [0.15, 0.2) is 27.4 Å². The van der Waals surface area contributed by atoms with Crippen molar-refractivity contribution in [3.05, 3.63) is 34.3 Å². The number of aromatic nitrogens is 1. The summed E-state index contributed by atoms with van der Waals surface area (Å²) < 4.78 is 6.60. The Morgan fingerprint density at radius 3 is 2.94 bits per heavy atom. The average Bonchev–Trinajstić information content (AvgIpc) is 2.59. The molecule has 0 radical (unpaired) electrons. The lowest BCUT2D eigenvalue weighted by Crippen LogP contribution is -2.14. The number of benzene rings is 1. The highest BCUT2D eigenvalue weighted by molar-refractivity contribution is 5.73. The molecule has 4 heteroatoms. The molecule has 1 aliphatic carbocycles. The molecule has 96 valence electrons. The molecule has 0 spiro atoms. The molecule has 0 amide bonds. The van der Waals surface area contributed by atoms with Crippen LogP contribution in [-0.4, -0.2) is 9.67 Å². The molecule has 1 heterocycles. The zero-order valence-electron chi connectivity index (χ0n) is 10.4. The third-order valence-corrected chi connectivity index (χ3v) is 3.98. The van der Waals surface area contributed by atoms with Crippen LogP contribution in [0.2, 0.25) is 0 Å². The first-order valence-corrected chi connectivity index (χ1v) is 6.42. The Labute approximate surface area is 105 Å². The number of aliphatic hydroxyl groups is 1. The first-order chi connectivity index (χ1) is 8.65. The lowest BCUT2D eigenvalue weighted by molar-refractivity contribution is 0.118. The van der Waals surface area contributed by atoms with Gasteiger partial charge in [-0.25, -0.2) is 4.79 Å². The van der Waals surface area contributed by atoms with E-state index in [1.54, 1.807) is 13.1 Å². The maximum absolute atomic E-state index is 11.4. The van der Waals surface area contributed by atoms with Crippen LogP contribution in [0.1, 0.15) is 37.4 Å². The molecule has 4 nitrogen and oxygen atoms in total. The van der Waals surface area contributed by atoms with Crippen molar-refractivity contribution >= 4 is 11.1 Å².